The molecule has 8 nitrogen and oxygen atoms in total. The lowest BCUT2D eigenvalue weighted by Gasteiger charge is -2.09. The van der Waals surface area contributed by atoms with Crippen LogP contribution in [0.25, 0.3) is 0 Å². The Hall–Kier alpha value is -3.07. The zero-order valence-corrected chi connectivity index (χ0v) is 16.8. The molecule has 2 amide bonds. The van der Waals surface area contributed by atoms with E-state index in [4.69, 9.17) is 19.9 Å². The van der Waals surface area contributed by atoms with Crippen molar-refractivity contribution in [1.82, 2.24) is 0 Å². The minimum atomic E-state index is -0.683. The van der Waals surface area contributed by atoms with Crippen LogP contribution in [0.1, 0.15) is 34.1 Å². The second-order valence-corrected chi connectivity index (χ2v) is 7.43. The number of hydrogen-bond acceptors (Lipinski definition) is 7. The first-order valence-electron chi connectivity index (χ1n) is 9.23. The standard InChI is InChI=1S/C20H22N2O6S/c1-2-26-12-6-8-13(9-7-12)27-11-17(24)28-10-16(23)22-20-18(19(21)25)14-4-3-5-15(14)29-20/h6-9H,2-5,10-11H2,1H3,(H2,21,25)(H,22,23). The minimum Gasteiger partial charge on any atom is -0.494 e. The van der Waals surface area contributed by atoms with Gasteiger partial charge in [-0.1, -0.05) is 0 Å². The van der Waals surface area contributed by atoms with E-state index in [1.807, 2.05) is 6.92 Å². The number of ether oxygens (including phenoxy) is 3. The Bertz CT molecular complexity index is 906. The lowest BCUT2D eigenvalue weighted by molar-refractivity contribution is -0.149. The summed E-state index contributed by atoms with van der Waals surface area (Å²) in [5.74, 6) is -0.608. The number of aryl methyl sites for hydroxylation is 1. The van der Waals surface area contributed by atoms with Crippen molar-refractivity contribution in [3.63, 3.8) is 0 Å². The number of thiophene rings is 1. The first-order valence-corrected chi connectivity index (χ1v) is 10.0. The first-order chi connectivity index (χ1) is 14.0. The van der Waals surface area contributed by atoms with Gasteiger partial charge in [0.15, 0.2) is 13.2 Å². The van der Waals surface area contributed by atoms with Gasteiger partial charge in [-0.25, -0.2) is 4.79 Å². The third-order valence-electron chi connectivity index (χ3n) is 4.28. The van der Waals surface area contributed by atoms with Crippen molar-refractivity contribution in [1.29, 1.82) is 0 Å². The second kappa shape index (κ2) is 9.42. The van der Waals surface area contributed by atoms with Gasteiger partial charge in [0.1, 0.15) is 16.5 Å². The van der Waals surface area contributed by atoms with Crippen molar-refractivity contribution in [3.05, 3.63) is 40.3 Å². The fourth-order valence-corrected chi connectivity index (χ4v) is 4.36. The number of anilines is 1. The number of benzene rings is 1. The second-order valence-electron chi connectivity index (χ2n) is 6.33. The topological polar surface area (TPSA) is 117 Å². The molecular weight excluding hydrogens is 396 g/mol. The van der Waals surface area contributed by atoms with Crippen LogP contribution in [-0.2, 0) is 27.2 Å². The van der Waals surface area contributed by atoms with E-state index in [-0.39, 0.29) is 6.61 Å². The highest BCUT2D eigenvalue weighted by Gasteiger charge is 2.26. The van der Waals surface area contributed by atoms with Crippen molar-refractivity contribution in [2.24, 2.45) is 5.73 Å². The number of primary amides is 1. The zero-order valence-electron chi connectivity index (χ0n) is 16.0. The average molecular weight is 418 g/mol. The van der Waals surface area contributed by atoms with Crippen molar-refractivity contribution >= 4 is 34.1 Å². The molecule has 0 spiro atoms. The maximum absolute atomic E-state index is 12.1. The van der Waals surface area contributed by atoms with Gasteiger partial charge in [-0.2, -0.15) is 0 Å². The molecule has 1 aliphatic carbocycles. The van der Waals surface area contributed by atoms with Crippen molar-refractivity contribution in [2.75, 3.05) is 25.1 Å². The molecule has 0 saturated heterocycles. The number of fused-ring (bicyclic) bond motifs is 1. The Morgan fingerprint density at radius 1 is 1.07 bits per heavy atom. The van der Waals surface area contributed by atoms with E-state index in [0.717, 1.165) is 29.7 Å². The number of hydrogen-bond donors (Lipinski definition) is 2. The van der Waals surface area contributed by atoms with Crippen LogP contribution in [0.4, 0.5) is 5.00 Å². The summed E-state index contributed by atoms with van der Waals surface area (Å²) in [6.45, 7) is 1.63. The molecule has 0 radical (unpaired) electrons. The SMILES string of the molecule is CCOc1ccc(OCC(=O)OCC(=O)Nc2sc3c(c2C(N)=O)CCC3)cc1. The molecule has 0 aliphatic heterocycles. The first kappa shape index (κ1) is 20.7. The van der Waals surface area contributed by atoms with Crippen molar-refractivity contribution in [3.8, 4) is 11.5 Å². The molecule has 0 atom stereocenters. The van der Waals surface area contributed by atoms with Crippen LogP contribution in [0.3, 0.4) is 0 Å². The van der Waals surface area contributed by atoms with E-state index in [1.54, 1.807) is 24.3 Å². The van der Waals surface area contributed by atoms with Crippen LogP contribution in [-0.4, -0.2) is 37.6 Å². The molecule has 1 aromatic carbocycles. The molecule has 154 valence electrons. The van der Waals surface area contributed by atoms with Crippen LogP contribution in [0, 0.1) is 0 Å². The summed E-state index contributed by atoms with van der Waals surface area (Å²) >= 11 is 1.34. The molecule has 1 heterocycles. The predicted molar refractivity (Wildman–Crippen MR) is 108 cm³/mol. The predicted octanol–water partition coefficient (Wildman–Crippen LogP) is 2.30. The van der Waals surface area contributed by atoms with Gasteiger partial charge >= 0.3 is 5.97 Å². The summed E-state index contributed by atoms with van der Waals surface area (Å²) in [4.78, 5) is 36.7. The fraction of sp³-hybridized carbons (Fsp3) is 0.350. The Morgan fingerprint density at radius 3 is 2.41 bits per heavy atom. The van der Waals surface area contributed by atoms with Gasteiger partial charge in [0.05, 0.1) is 12.2 Å². The monoisotopic (exact) mass is 418 g/mol. The van der Waals surface area contributed by atoms with Crippen LogP contribution >= 0.6 is 11.3 Å². The number of carbonyl (C=O) groups excluding carboxylic acids is 3. The van der Waals surface area contributed by atoms with E-state index in [0.29, 0.717) is 28.7 Å². The van der Waals surface area contributed by atoms with Crippen LogP contribution in [0.2, 0.25) is 0 Å². The quantitative estimate of drug-likeness (QED) is 0.604. The van der Waals surface area contributed by atoms with E-state index in [2.05, 4.69) is 5.32 Å². The lowest BCUT2D eigenvalue weighted by Crippen LogP contribution is -2.24. The highest BCUT2D eigenvalue weighted by molar-refractivity contribution is 7.17. The van der Waals surface area contributed by atoms with Gasteiger partial charge in [0.2, 0.25) is 0 Å². The maximum Gasteiger partial charge on any atom is 0.344 e. The highest BCUT2D eigenvalue weighted by Crippen LogP contribution is 2.38. The Kier molecular flexibility index (Phi) is 6.71. The van der Waals surface area contributed by atoms with Gasteiger partial charge in [0.25, 0.3) is 11.8 Å². The van der Waals surface area contributed by atoms with Crippen molar-refractivity contribution < 1.29 is 28.6 Å². The fourth-order valence-electron chi connectivity index (χ4n) is 3.04. The molecule has 0 fully saturated rings. The van der Waals surface area contributed by atoms with E-state index < -0.39 is 24.4 Å². The molecule has 0 unspecified atom stereocenters. The summed E-state index contributed by atoms with van der Waals surface area (Å²) in [6.07, 6.45) is 2.62. The molecular formula is C20H22N2O6S. The molecule has 0 bridgehead atoms. The molecule has 3 N–H and O–H groups in total. The number of rotatable bonds is 9. The summed E-state index contributed by atoms with van der Waals surface area (Å²) in [5.41, 5.74) is 6.73. The third-order valence-corrected chi connectivity index (χ3v) is 5.48. The molecule has 29 heavy (non-hydrogen) atoms. The number of carbonyl (C=O) groups is 3. The number of amides is 2. The van der Waals surface area contributed by atoms with Crippen LogP contribution in [0.15, 0.2) is 24.3 Å². The highest BCUT2D eigenvalue weighted by atomic mass is 32.1. The van der Waals surface area contributed by atoms with Gasteiger partial charge in [-0.05, 0) is 56.0 Å². The largest absolute Gasteiger partial charge is 0.494 e. The van der Waals surface area contributed by atoms with Gasteiger partial charge < -0.3 is 25.3 Å². The normalized spacial score (nSPS) is 12.2. The van der Waals surface area contributed by atoms with Crippen molar-refractivity contribution in [2.45, 2.75) is 26.2 Å². The average Bonchev–Trinajstić information content (AvgIpc) is 3.26. The zero-order chi connectivity index (χ0) is 20.8. The Morgan fingerprint density at radius 2 is 1.76 bits per heavy atom. The Labute approximate surface area is 171 Å². The molecule has 3 rings (SSSR count). The van der Waals surface area contributed by atoms with Crippen LogP contribution in [0.5, 0.6) is 11.5 Å². The molecule has 1 aliphatic rings. The third kappa shape index (κ3) is 5.26. The molecule has 0 saturated carbocycles. The molecule has 9 heteroatoms. The lowest BCUT2D eigenvalue weighted by atomic mass is 10.1. The van der Waals surface area contributed by atoms with E-state index in [1.165, 1.54) is 11.3 Å². The van der Waals surface area contributed by atoms with E-state index >= 15 is 0 Å². The number of nitrogens with one attached hydrogen (secondary N) is 1. The number of nitrogens with two attached hydrogens (primary N) is 1. The minimum absolute atomic E-state index is 0.332. The maximum atomic E-state index is 12.1. The number of esters is 1. The van der Waals surface area contributed by atoms with Gasteiger partial charge in [-0.15, -0.1) is 11.3 Å². The summed E-state index contributed by atoms with van der Waals surface area (Å²) < 4.78 is 15.6. The van der Waals surface area contributed by atoms with Crippen LogP contribution < -0.4 is 20.5 Å². The van der Waals surface area contributed by atoms with Gasteiger partial charge in [-0.3, -0.25) is 9.59 Å². The molecule has 1 aromatic heterocycles. The van der Waals surface area contributed by atoms with Gasteiger partial charge in [0, 0.05) is 4.88 Å². The molecule has 2 aromatic rings. The summed E-state index contributed by atoms with van der Waals surface area (Å²) in [7, 11) is 0. The van der Waals surface area contributed by atoms with E-state index in [9.17, 15) is 14.4 Å². The Balaban J connectivity index is 1.46. The summed E-state index contributed by atoms with van der Waals surface area (Å²) in [5, 5.41) is 3.03. The summed E-state index contributed by atoms with van der Waals surface area (Å²) in [6, 6.07) is 6.80. The smallest absolute Gasteiger partial charge is 0.344 e.